The molecule has 0 aliphatic carbocycles. The number of hydrogen-bond acceptors (Lipinski definition) is 6. The quantitative estimate of drug-likeness (QED) is 0.844. The molecule has 0 aromatic carbocycles. The maximum Gasteiger partial charge on any atom is 0.255 e. The number of nitrogens with one attached hydrogen (secondary N) is 1. The molecule has 0 fully saturated rings. The van der Waals surface area contributed by atoms with Crippen molar-refractivity contribution in [2.45, 2.75) is 24.7 Å². The second-order valence-electron chi connectivity index (χ2n) is 5.16. The van der Waals surface area contributed by atoms with Gasteiger partial charge in [-0.25, -0.2) is 13.4 Å². The van der Waals surface area contributed by atoms with Gasteiger partial charge in [-0.2, -0.15) is 11.3 Å². The first kappa shape index (κ1) is 14.4. The molecule has 3 rings (SSSR count). The minimum absolute atomic E-state index is 0.247. The van der Waals surface area contributed by atoms with Crippen LogP contribution in [0.25, 0.3) is 0 Å². The lowest BCUT2D eigenvalue weighted by Gasteiger charge is -2.27. The van der Waals surface area contributed by atoms with Crippen molar-refractivity contribution >= 4 is 21.2 Å². The van der Waals surface area contributed by atoms with E-state index in [1.165, 1.54) is 5.56 Å². The molecule has 6 nitrogen and oxygen atoms in total. The van der Waals surface area contributed by atoms with Crippen LogP contribution < -0.4 is 5.56 Å². The van der Waals surface area contributed by atoms with Gasteiger partial charge in [-0.15, -0.1) is 0 Å². The van der Waals surface area contributed by atoms with E-state index in [-0.39, 0.29) is 10.7 Å². The van der Waals surface area contributed by atoms with Crippen LogP contribution in [0.3, 0.4) is 0 Å². The van der Waals surface area contributed by atoms with Crippen LogP contribution in [-0.2, 0) is 29.3 Å². The summed E-state index contributed by atoms with van der Waals surface area (Å²) in [6.45, 7) is 2.05. The molecule has 112 valence electrons. The van der Waals surface area contributed by atoms with E-state index in [4.69, 9.17) is 0 Å². The first-order valence-corrected chi connectivity index (χ1v) is 9.32. The van der Waals surface area contributed by atoms with Crippen molar-refractivity contribution in [3.8, 4) is 0 Å². The second kappa shape index (κ2) is 5.36. The van der Waals surface area contributed by atoms with Crippen molar-refractivity contribution in [1.29, 1.82) is 0 Å². The van der Waals surface area contributed by atoms with Gasteiger partial charge in [0.15, 0.2) is 0 Å². The van der Waals surface area contributed by atoms with Gasteiger partial charge in [0, 0.05) is 31.5 Å². The summed E-state index contributed by atoms with van der Waals surface area (Å²) in [6.07, 6.45) is 1.63. The minimum atomic E-state index is -3.51. The van der Waals surface area contributed by atoms with Crippen LogP contribution in [0.5, 0.6) is 0 Å². The third kappa shape index (κ3) is 3.07. The van der Waals surface area contributed by atoms with E-state index >= 15 is 0 Å². The minimum Gasteiger partial charge on any atom is -0.297 e. The Hall–Kier alpha value is -1.51. The Morgan fingerprint density at radius 2 is 2.29 bits per heavy atom. The molecule has 0 amide bonds. The SMILES string of the molecule is CS(=O)(=O)c1nc2c(c(=O)[nH]1)CCN(Cc1ccsc1)C2. The van der Waals surface area contributed by atoms with Gasteiger partial charge in [0.05, 0.1) is 5.69 Å². The van der Waals surface area contributed by atoms with Gasteiger partial charge in [0.2, 0.25) is 15.0 Å². The molecule has 8 heteroatoms. The first-order chi connectivity index (χ1) is 9.93. The van der Waals surface area contributed by atoms with Gasteiger partial charge < -0.3 is 0 Å². The van der Waals surface area contributed by atoms with Gasteiger partial charge in [0.1, 0.15) is 0 Å². The second-order valence-corrected chi connectivity index (χ2v) is 7.87. The number of sulfone groups is 1. The predicted octanol–water partition coefficient (Wildman–Crippen LogP) is 0.793. The van der Waals surface area contributed by atoms with Crippen LogP contribution in [0, 0.1) is 0 Å². The Morgan fingerprint density at radius 3 is 2.95 bits per heavy atom. The number of rotatable bonds is 3. The molecule has 0 spiro atoms. The number of H-pyrrole nitrogens is 1. The molecule has 1 N–H and O–H groups in total. The Morgan fingerprint density at radius 1 is 1.48 bits per heavy atom. The maximum atomic E-state index is 12.0. The number of nitrogens with zero attached hydrogens (tertiary/aromatic N) is 2. The zero-order valence-corrected chi connectivity index (χ0v) is 13.1. The van der Waals surface area contributed by atoms with Crippen molar-refractivity contribution in [3.05, 3.63) is 44.0 Å². The number of aromatic amines is 1. The average molecular weight is 325 g/mol. The van der Waals surface area contributed by atoms with E-state index in [9.17, 15) is 13.2 Å². The van der Waals surface area contributed by atoms with Gasteiger partial charge in [-0.3, -0.25) is 14.7 Å². The van der Waals surface area contributed by atoms with Gasteiger partial charge in [-0.05, 0) is 28.8 Å². The van der Waals surface area contributed by atoms with Crippen LogP contribution in [0.15, 0.2) is 26.8 Å². The molecule has 1 aliphatic heterocycles. The van der Waals surface area contributed by atoms with Crippen LogP contribution >= 0.6 is 11.3 Å². The molecule has 21 heavy (non-hydrogen) atoms. The van der Waals surface area contributed by atoms with E-state index in [1.807, 2.05) is 5.38 Å². The topological polar surface area (TPSA) is 83.1 Å². The van der Waals surface area contributed by atoms with Crippen molar-refractivity contribution in [2.24, 2.45) is 0 Å². The molecule has 0 saturated carbocycles. The highest BCUT2D eigenvalue weighted by Crippen LogP contribution is 2.18. The molecule has 0 unspecified atom stereocenters. The van der Waals surface area contributed by atoms with Crippen LogP contribution in [-0.4, -0.2) is 36.1 Å². The molecule has 2 aromatic rings. The Labute approximate surface area is 126 Å². The standard InChI is InChI=1S/C13H15N3O3S2/c1-21(18,19)13-14-11-7-16(6-9-3-5-20-8-9)4-2-10(11)12(17)15-13/h3,5,8H,2,4,6-7H2,1H3,(H,14,15,17). The zero-order chi connectivity index (χ0) is 15.0. The largest absolute Gasteiger partial charge is 0.297 e. The molecule has 0 saturated heterocycles. The zero-order valence-electron chi connectivity index (χ0n) is 11.5. The lowest BCUT2D eigenvalue weighted by molar-refractivity contribution is 0.239. The smallest absolute Gasteiger partial charge is 0.255 e. The summed E-state index contributed by atoms with van der Waals surface area (Å²) in [5.74, 6) is 0. The number of aromatic nitrogens is 2. The summed E-state index contributed by atoms with van der Waals surface area (Å²) >= 11 is 1.65. The van der Waals surface area contributed by atoms with E-state index < -0.39 is 9.84 Å². The first-order valence-electron chi connectivity index (χ1n) is 6.49. The van der Waals surface area contributed by atoms with Crippen LogP contribution in [0.1, 0.15) is 16.8 Å². The Kier molecular flexibility index (Phi) is 3.68. The van der Waals surface area contributed by atoms with Crippen molar-refractivity contribution < 1.29 is 8.42 Å². The molecule has 3 heterocycles. The summed E-state index contributed by atoms with van der Waals surface area (Å²) in [5, 5.41) is 3.87. The van der Waals surface area contributed by atoms with E-state index in [2.05, 4.69) is 26.3 Å². The highest BCUT2D eigenvalue weighted by atomic mass is 32.2. The monoisotopic (exact) mass is 325 g/mol. The summed E-state index contributed by atoms with van der Waals surface area (Å²) in [6, 6.07) is 2.06. The maximum absolute atomic E-state index is 12.0. The van der Waals surface area contributed by atoms with Crippen molar-refractivity contribution in [1.82, 2.24) is 14.9 Å². The molecule has 1 aliphatic rings. The lowest BCUT2D eigenvalue weighted by atomic mass is 10.1. The van der Waals surface area contributed by atoms with Crippen LogP contribution in [0.2, 0.25) is 0 Å². The highest BCUT2D eigenvalue weighted by Gasteiger charge is 2.23. The molecular weight excluding hydrogens is 310 g/mol. The van der Waals surface area contributed by atoms with Crippen LogP contribution in [0.4, 0.5) is 0 Å². The normalized spacial score (nSPS) is 15.9. The van der Waals surface area contributed by atoms with E-state index in [0.29, 0.717) is 24.2 Å². The fourth-order valence-corrected chi connectivity index (χ4v) is 3.64. The Balaban J connectivity index is 1.91. The third-order valence-electron chi connectivity index (χ3n) is 3.47. The number of thiophene rings is 1. The van der Waals surface area contributed by atoms with Gasteiger partial charge >= 0.3 is 0 Å². The van der Waals surface area contributed by atoms with Gasteiger partial charge in [0.25, 0.3) is 5.56 Å². The van der Waals surface area contributed by atoms with Crippen molar-refractivity contribution in [3.63, 3.8) is 0 Å². The summed E-state index contributed by atoms with van der Waals surface area (Å²) < 4.78 is 23.1. The summed E-state index contributed by atoms with van der Waals surface area (Å²) in [4.78, 5) is 20.7. The molecule has 0 bridgehead atoms. The van der Waals surface area contributed by atoms with Crippen molar-refractivity contribution in [2.75, 3.05) is 12.8 Å². The molecule has 0 radical (unpaired) electrons. The summed E-state index contributed by atoms with van der Waals surface area (Å²) in [5.41, 5.74) is 2.05. The number of hydrogen-bond donors (Lipinski definition) is 1. The Bertz CT molecular complexity index is 810. The predicted molar refractivity (Wildman–Crippen MR) is 80.1 cm³/mol. The lowest BCUT2D eigenvalue weighted by Crippen LogP contribution is -2.35. The molecular formula is C13H15N3O3S2. The van der Waals surface area contributed by atoms with Gasteiger partial charge in [-0.1, -0.05) is 0 Å². The highest BCUT2D eigenvalue weighted by molar-refractivity contribution is 7.90. The summed E-state index contributed by atoms with van der Waals surface area (Å²) in [7, 11) is -3.51. The fourth-order valence-electron chi connectivity index (χ4n) is 2.42. The van der Waals surface area contributed by atoms with E-state index in [1.54, 1.807) is 11.3 Å². The fraction of sp³-hybridized carbons (Fsp3) is 0.385. The molecule has 2 aromatic heterocycles. The van der Waals surface area contributed by atoms with E-state index in [0.717, 1.165) is 19.3 Å². The molecule has 0 atom stereocenters. The number of fused-ring (bicyclic) bond motifs is 1. The average Bonchev–Trinajstić information content (AvgIpc) is 2.90. The third-order valence-corrected chi connectivity index (χ3v) is 5.10.